The number of nitrogens with zero attached hydrogens (tertiary/aromatic N) is 3. The molecule has 0 aliphatic heterocycles. The van der Waals surface area contributed by atoms with Crippen molar-refractivity contribution in [3.05, 3.63) is 94.8 Å². The molecule has 0 N–H and O–H groups in total. The van der Waals surface area contributed by atoms with Gasteiger partial charge in [0.25, 0.3) is 0 Å². The third kappa shape index (κ3) is 4.45. The molecule has 0 unspecified atom stereocenters. The lowest BCUT2D eigenvalue weighted by molar-refractivity contribution is 0.574. The van der Waals surface area contributed by atoms with E-state index in [4.69, 9.17) is 0 Å². The number of unbranched alkanes of at least 4 members (excludes halogenated alkanes) is 3. The van der Waals surface area contributed by atoms with Gasteiger partial charge in [-0.1, -0.05) is 31.0 Å². The number of para-hydroxylation sites is 1. The minimum absolute atomic E-state index is 0.134. The second-order valence-corrected chi connectivity index (χ2v) is 7.27. The molecule has 148 valence electrons. The molecule has 0 saturated heterocycles. The Hall–Kier alpha value is -3.21. The summed E-state index contributed by atoms with van der Waals surface area (Å²) in [4.78, 5) is 12.0. The van der Waals surface area contributed by atoms with E-state index in [9.17, 15) is 9.18 Å². The number of pyridine rings is 1. The van der Waals surface area contributed by atoms with Crippen molar-refractivity contribution in [3.63, 3.8) is 0 Å². The largest absolute Gasteiger partial charge is 0.347 e. The molecule has 4 rings (SSSR count). The van der Waals surface area contributed by atoms with Gasteiger partial charge in [0.05, 0.1) is 11.2 Å². The van der Waals surface area contributed by atoms with Gasteiger partial charge in [-0.05, 0) is 55.7 Å². The summed E-state index contributed by atoms with van der Waals surface area (Å²) < 4.78 is 17.5. The lowest BCUT2D eigenvalue weighted by Gasteiger charge is -2.11. The van der Waals surface area contributed by atoms with Gasteiger partial charge in [0.2, 0.25) is 0 Å². The Labute approximate surface area is 169 Å². The first-order valence-corrected chi connectivity index (χ1v) is 10.1. The Morgan fingerprint density at radius 2 is 1.72 bits per heavy atom. The van der Waals surface area contributed by atoms with Crippen molar-refractivity contribution >= 4 is 10.9 Å². The van der Waals surface area contributed by atoms with Gasteiger partial charge in [-0.15, -0.1) is 0 Å². The summed E-state index contributed by atoms with van der Waals surface area (Å²) >= 11 is 0. The van der Waals surface area contributed by atoms with Crippen LogP contribution >= 0.6 is 0 Å². The van der Waals surface area contributed by atoms with E-state index in [1.165, 1.54) is 23.9 Å². The second kappa shape index (κ2) is 8.86. The molecule has 0 aliphatic carbocycles. The molecule has 0 bridgehead atoms. The van der Waals surface area contributed by atoms with Crippen molar-refractivity contribution in [1.82, 2.24) is 14.3 Å². The smallest absolute Gasteiger partial charge is 0.189 e. The third-order valence-corrected chi connectivity index (χ3v) is 5.24. The van der Waals surface area contributed by atoms with E-state index in [0.717, 1.165) is 49.9 Å². The predicted octanol–water partition coefficient (Wildman–Crippen LogP) is 5.13. The number of hydrogen-bond donors (Lipinski definition) is 0. The molecule has 4 aromatic rings. The first-order chi connectivity index (χ1) is 14.2. The number of aryl methyl sites for hydroxylation is 2. The molecule has 29 heavy (non-hydrogen) atoms. The van der Waals surface area contributed by atoms with Gasteiger partial charge in [-0.2, -0.15) is 5.10 Å². The number of halogens is 1. The maximum absolute atomic E-state index is 13.4. The standard InChI is InChI=1S/C24H24FN3O/c25-19-11-12-23-22(18-19)24(29)14-17-27(23)16-7-2-1-4-10-21-13-15-26-28(21)20-8-5-3-6-9-20/h3,5-6,8-9,11-15,17-18H,1-2,4,7,10,16H2. The summed E-state index contributed by atoms with van der Waals surface area (Å²) in [6.45, 7) is 0.824. The third-order valence-electron chi connectivity index (χ3n) is 5.24. The first-order valence-electron chi connectivity index (χ1n) is 10.1. The maximum Gasteiger partial charge on any atom is 0.189 e. The SMILES string of the molecule is O=c1ccn(CCCCCCc2ccnn2-c2ccccc2)c2ccc(F)cc12. The molecule has 0 amide bonds. The molecular formula is C24H24FN3O. The molecule has 0 radical (unpaired) electrons. The molecule has 5 heteroatoms. The van der Waals surface area contributed by atoms with Crippen LogP contribution in [0.4, 0.5) is 4.39 Å². The highest BCUT2D eigenvalue weighted by molar-refractivity contribution is 5.78. The summed E-state index contributed by atoms with van der Waals surface area (Å²) in [5.74, 6) is -0.373. The van der Waals surface area contributed by atoms with Crippen LogP contribution in [0.1, 0.15) is 31.4 Å². The first kappa shape index (κ1) is 19.1. The fourth-order valence-electron chi connectivity index (χ4n) is 3.74. The van der Waals surface area contributed by atoms with Gasteiger partial charge in [0.15, 0.2) is 5.43 Å². The summed E-state index contributed by atoms with van der Waals surface area (Å²) in [6.07, 6.45) is 9.02. The second-order valence-electron chi connectivity index (χ2n) is 7.27. The molecule has 2 aromatic heterocycles. The average Bonchev–Trinajstić information content (AvgIpc) is 3.21. The van der Waals surface area contributed by atoms with Crippen LogP contribution in [0.5, 0.6) is 0 Å². The van der Waals surface area contributed by atoms with Gasteiger partial charge in [0, 0.05) is 36.1 Å². The fraction of sp³-hybridized carbons (Fsp3) is 0.250. The quantitative estimate of drug-likeness (QED) is 0.392. The maximum atomic E-state index is 13.4. The monoisotopic (exact) mass is 389 g/mol. The van der Waals surface area contributed by atoms with Crippen LogP contribution in [-0.2, 0) is 13.0 Å². The Morgan fingerprint density at radius 1 is 0.897 bits per heavy atom. The molecule has 0 atom stereocenters. The van der Waals surface area contributed by atoms with Crippen LogP contribution in [0.25, 0.3) is 16.6 Å². The van der Waals surface area contributed by atoms with E-state index in [1.54, 1.807) is 12.3 Å². The Balaban J connectivity index is 1.29. The zero-order valence-corrected chi connectivity index (χ0v) is 16.3. The summed E-state index contributed by atoms with van der Waals surface area (Å²) in [5, 5.41) is 4.89. The number of rotatable bonds is 8. The molecule has 0 aliphatic rings. The number of aromatic nitrogens is 3. The topological polar surface area (TPSA) is 39.8 Å². The lowest BCUT2D eigenvalue weighted by atomic mass is 10.1. The zero-order chi connectivity index (χ0) is 20.1. The average molecular weight is 389 g/mol. The molecule has 0 spiro atoms. The normalized spacial score (nSPS) is 11.2. The van der Waals surface area contributed by atoms with Crippen molar-refractivity contribution in [3.8, 4) is 5.69 Å². The fourth-order valence-corrected chi connectivity index (χ4v) is 3.74. The predicted molar refractivity (Wildman–Crippen MR) is 114 cm³/mol. The molecular weight excluding hydrogens is 365 g/mol. The summed E-state index contributed by atoms with van der Waals surface area (Å²) in [7, 11) is 0. The molecule has 4 nitrogen and oxygen atoms in total. The number of benzene rings is 2. The minimum Gasteiger partial charge on any atom is -0.347 e. The van der Waals surface area contributed by atoms with Crippen LogP contribution in [0.2, 0.25) is 0 Å². The van der Waals surface area contributed by atoms with Crippen LogP contribution < -0.4 is 5.43 Å². The van der Waals surface area contributed by atoms with E-state index in [2.05, 4.69) is 23.3 Å². The number of hydrogen-bond acceptors (Lipinski definition) is 2. The van der Waals surface area contributed by atoms with Gasteiger partial charge in [-0.3, -0.25) is 4.79 Å². The van der Waals surface area contributed by atoms with Crippen LogP contribution in [0, 0.1) is 5.82 Å². The number of fused-ring (bicyclic) bond motifs is 1. The van der Waals surface area contributed by atoms with Crippen molar-refractivity contribution in [2.45, 2.75) is 38.6 Å². The van der Waals surface area contributed by atoms with Crippen LogP contribution in [0.15, 0.2) is 77.9 Å². The van der Waals surface area contributed by atoms with Crippen molar-refractivity contribution in [2.75, 3.05) is 0 Å². The highest BCUT2D eigenvalue weighted by atomic mass is 19.1. The lowest BCUT2D eigenvalue weighted by Crippen LogP contribution is -2.08. The van der Waals surface area contributed by atoms with E-state index in [0.29, 0.717) is 5.39 Å². The minimum atomic E-state index is -0.373. The molecule has 2 aromatic carbocycles. The van der Waals surface area contributed by atoms with Crippen LogP contribution in [-0.4, -0.2) is 14.3 Å². The summed E-state index contributed by atoms with van der Waals surface area (Å²) in [6, 6.07) is 18.2. The van der Waals surface area contributed by atoms with Gasteiger partial charge in [0.1, 0.15) is 5.82 Å². The van der Waals surface area contributed by atoms with Crippen molar-refractivity contribution < 1.29 is 4.39 Å². The van der Waals surface area contributed by atoms with E-state index in [-0.39, 0.29) is 11.2 Å². The van der Waals surface area contributed by atoms with Crippen molar-refractivity contribution in [1.29, 1.82) is 0 Å². The van der Waals surface area contributed by atoms with Crippen molar-refractivity contribution in [2.24, 2.45) is 0 Å². The highest BCUT2D eigenvalue weighted by Crippen LogP contribution is 2.15. The highest BCUT2D eigenvalue weighted by Gasteiger charge is 2.06. The zero-order valence-electron chi connectivity index (χ0n) is 16.3. The van der Waals surface area contributed by atoms with E-state index >= 15 is 0 Å². The Morgan fingerprint density at radius 3 is 2.59 bits per heavy atom. The van der Waals surface area contributed by atoms with Crippen LogP contribution in [0.3, 0.4) is 0 Å². The van der Waals surface area contributed by atoms with Gasteiger partial charge in [-0.25, -0.2) is 9.07 Å². The van der Waals surface area contributed by atoms with E-state index in [1.807, 2.05) is 33.6 Å². The Kier molecular flexibility index (Phi) is 5.84. The van der Waals surface area contributed by atoms with Gasteiger partial charge < -0.3 is 4.57 Å². The molecule has 2 heterocycles. The Bertz CT molecular complexity index is 1150. The molecule has 0 fully saturated rings. The van der Waals surface area contributed by atoms with Gasteiger partial charge >= 0.3 is 0 Å². The molecule has 0 saturated carbocycles. The van der Waals surface area contributed by atoms with E-state index < -0.39 is 0 Å². The summed E-state index contributed by atoms with van der Waals surface area (Å²) in [5.41, 5.74) is 2.98.